The van der Waals surface area contributed by atoms with E-state index in [0.717, 1.165) is 24.0 Å². The standard InChI is InChI=1S/C16H21NO3S/c1-13-11-16(9-8-15(13)7-4-10-18)21(19,20)17-12-14-5-2-3-6-14/h8-9,11,14,17-18H,2-3,5-6,10,12H2,1H3. The predicted octanol–water partition coefficient (Wildman–Crippen LogP) is 1.81. The first-order valence-electron chi connectivity index (χ1n) is 7.23. The third kappa shape index (κ3) is 4.31. The highest BCUT2D eigenvalue weighted by molar-refractivity contribution is 7.89. The maximum atomic E-state index is 12.3. The molecule has 0 heterocycles. The molecular formula is C16H21NO3S. The van der Waals surface area contributed by atoms with E-state index in [1.807, 2.05) is 6.92 Å². The third-order valence-corrected chi connectivity index (χ3v) is 5.27. The summed E-state index contributed by atoms with van der Waals surface area (Å²) in [6, 6.07) is 4.87. The molecule has 21 heavy (non-hydrogen) atoms. The molecule has 1 fully saturated rings. The molecule has 5 heteroatoms. The highest BCUT2D eigenvalue weighted by Gasteiger charge is 2.20. The van der Waals surface area contributed by atoms with Gasteiger partial charge in [0.05, 0.1) is 4.90 Å². The molecule has 0 spiro atoms. The minimum Gasteiger partial charge on any atom is -0.384 e. The summed E-state index contributed by atoms with van der Waals surface area (Å²) in [5.74, 6) is 5.84. The van der Waals surface area contributed by atoms with Crippen molar-refractivity contribution in [2.75, 3.05) is 13.2 Å². The van der Waals surface area contributed by atoms with Crippen molar-refractivity contribution in [3.05, 3.63) is 29.3 Å². The molecule has 2 rings (SSSR count). The van der Waals surface area contributed by atoms with Crippen LogP contribution in [-0.4, -0.2) is 26.7 Å². The van der Waals surface area contributed by atoms with Gasteiger partial charge in [0.15, 0.2) is 0 Å². The first kappa shape index (κ1) is 16.0. The molecule has 1 aliphatic carbocycles. The van der Waals surface area contributed by atoms with Gasteiger partial charge in [-0.2, -0.15) is 0 Å². The van der Waals surface area contributed by atoms with E-state index in [1.54, 1.807) is 18.2 Å². The van der Waals surface area contributed by atoms with Gasteiger partial charge in [0.2, 0.25) is 10.0 Å². The van der Waals surface area contributed by atoms with Gasteiger partial charge in [-0.1, -0.05) is 24.7 Å². The zero-order valence-corrected chi connectivity index (χ0v) is 13.0. The number of nitrogens with one attached hydrogen (secondary N) is 1. The second-order valence-corrected chi connectivity index (χ2v) is 7.21. The SMILES string of the molecule is Cc1cc(S(=O)(=O)NCC2CCCC2)ccc1C#CCO. The zero-order chi connectivity index (χ0) is 15.3. The highest BCUT2D eigenvalue weighted by atomic mass is 32.2. The Morgan fingerprint density at radius 1 is 1.33 bits per heavy atom. The van der Waals surface area contributed by atoms with Crippen LogP contribution in [0.3, 0.4) is 0 Å². The average Bonchev–Trinajstić information content (AvgIpc) is 2.97. The molecule has 0 radical (unpaired) electrons. The van der Waals surface area contributed by atoms with Gasteiger partial charge in [-0.3, -0.25) is 0 Å². The number of aliphatic hydroxyl groups excluding tert-OH is 1. The van der Waals surface area contributed by atoms with Gasteiger partial charge in [0.1, 0.15) is 6.61 Å². The fourth-order valence-corrected chi connectivity index (χ4v) is 3.80. The molecule has 0 saturated heterocycles. The lowest BCUT2D eigenvalue weighted by molar-refractivity contribution is 0.350. The summed E-state index contributed by atoms with van der Waals surface area (Å²) in [7, 11) is -3.46. The number of benzene rings is 1. The topological polar surface area (TPSA) is 66.4 Å². The molecule has 1 aliphatic rings. The molecule has 0 unspecified atom stereocenters. The number of hydrogen-bond donors (Lipinski definition) is 2. The van der Waals surface area contributed by atoms with Crippen LogP contribution >= 0.6 is 0 Å². The second kappa shape index (κ2) is 7.08. The smallest absolute Gasteiger partial charge is 0.240 e. The van der Waals surface area contributed by atoms with Gasteiger partial charge in [0, 0.05) is 12.1 Å². The molecule has 1 aromatic rings. The van der Waals surface area contributed by atoms with Gasteiger partial charge in [-0.25, -0.2) is 13.1 Å². The maximum Gasteiger partial charge on any atom is 0.240 e. The summed E-state index contributed by atoms with van der Waals surface area (Å²) >= 11 is 0. The quantitative estimate of drug-likeness (QED) is 0.834. The summed E-state index contributed by atoms with van der Waals surface area (Å²) in [6.07, 6.45) is 4.61. The Labute approximate surface area is 126 Å². The molecular weight excluding hydrogens is 286 g/mol. The van der Waals surface area contributed by atoms with Crippen molar-refractivity contribution in [1.29, 1.82) is 0 Å². The first-order valence-corrected chi connectivity index (χ1v) is 8.71. The van der Waals surface area contributed by atoms with Crippen LogP contribution in [-0.2, 0) is 10.0 Å². The number of aryl methyl sites for hydroxylation is 1. The largest absolute Gasteiger partial charge is 0.384 e. The van der Waals surface area contributed by atoms with Crippen LogP contribution in [0, 0.1) is 24.7 Å². The second-order valence-electron chi connectivity index (χ2n) is 5.44. The molecule has 0 aliphatic heterocycles. The van der Waals surface area contributed by atoms with E-state index in [9.17, 15) is 8.42 Å². The molecule has 0 bridgehead atoms. The monoisotopic (exact) mass is 307 g/mol. The Balaban J connectivity index is 2.10. The van der Waals surface area contributed by atoms with E-state index >= 15 is 0 Å². The molecule has 0 atom stereocenters. The van der Waals surface area contributed by atoms with E-state index in [1.165, 1.54) is 12.8 Å². The van der Waals surface area contributed by atoms with Crippen LogP contribution in [0.15, 0.2) is 23.1 Å². The third-order valence-electron chi connectivity index (χ3n) is 3.85. The molecule has 2 N–H and O–H groups in total. The lowest BCUT2D eigenvalue weighted by atomic mass is 10.1. The number of sulfonamides is 1. The Kier molecular flexibility index (Phi) is 5.40. The number of rotatable bonds is 4. The molecule has 0 aromatic heterocycles. The van der Waals surface area contributed by atoms with Crippen LogP contribution in [0.2, 0.25) is 0 Å². The molecule has 4 nitrogen and oxygen atoms in total. The van der Waals surface area contributed by atoms with Crippen molar-refractivity contribution >= 4 is 10.0 Å². The zero-order valence-electron chi connectivity index (χ0n) is 12.2. The van der Waals surface area contributed by atoms with Gasteiger partial charge in [-0.05, 0) is 49.4 Å². The van der Waals surface area contributed by atoms with E-state index in [2.05, 4.69) is 16.6 Å². The van der Waals surface area contributed by atoms with Crippen molar-refractivity contribution in [2.24, 2.45) is 5.92 Å². The minimum atomic E-state index is -3.46. The van der Waals surface area contributed by atoms with E-state index in [4.69, 9.17) is 5.11 Å². The Morgan fingerprint density at radius 3 is 2.67 bits per heavy atom. The summed E-state index contributed by atoms with van der Waals surface area (Å²) in [5.41, 5.74) is 1.53. The van der Waals surface area contributed by atoms with Crippen LogP contribution in [0.1, 0.15) is 36.8 Å². The van der Waals surface area contributed by atoms with E-state index in [-0.39, 0.29) is 11.5 Å². The average molecular weight is 307 g/mol. The van der Waals surface area contributed by atoms with Crippen molar-refractivity contribution in [3.63, 3.8) is 0 Å². The fourth-order valence-electron chi connectivity index (χ4n) is 2.60. The molecule has 1 saturated carbocycles. The summed E-state index contributed by atoms with van der Waals surface area (Å²) < 4.78 is 27.3. The lowest BCUT2D eigenvalue weighted by Crippen LogP contribution is -2.28. The van der Waals surface area contributed by atoms with Crippen LogP contribution in [0.4, 0.5) is 0 Å². The van der Waals surface area contributed by atoms with Crippen LogP contribution in [0.25, 0.3) is 0 Å². The maximum absolute atomic E-state index is 12.3. The first-order chi connectivity index (χ1) is 10.0. The summed E-state index contributed by atoms with van der Waals surface area (Å²) in [5, 5.41) is 8.70. The molecule has 114 valence electrons. The highest BCUT2D eigenvalue weighted by Crippen LogP contribution is 2.24. The van der Waals surface area contributed by atoms with E-state index < -0.39 is 10.0 Å². The van der Waals surface area contributed by atoms with Crippen molar-refractivity contribution < 1.29 is 13.5 Å². The Morgan fingerprint density at radius 2 is 2.05 bits per heavy atom. The number of hydrogen-bond acceptors (Lipinski definition) is 3. The van der Waals surface area contributed by atoms with Gasteiger partial charge in [-0.15, -0.1) is 0 Å². The van der Waals surface area contributed by atoms with Gasteiger partial charge >= 0.3 is 0 Å². The predicted molar refractivity (Wildman–Crippen MR) is 82.3 cm³/mol. The molecule has 1 aromatic carbocycles. The van der Waals surface area contributed by atoms with Crippen LogP contribution < -0.4 is 4.72 Å². The summed E-state index contributed by atoms with van der Waals surface area (Å²) in [4.78, 5) is 0.271. The van der Waals surface area contributed by atoms with Crippen molar-refractivity contribution in [3.8, 4) is 11.8 Å². The van der Waals surface area contributed by atoms with Gasteiger partial charge < -0.3 is 5.11 Å². The normalized spacial score (nSPS) is 15.7. The van der Waals surface area contributed by atoms with Crippen molar-refractivity contribution in [2.45, 2.75) is 37.5 Å². The van der Waals surface area contributed by atoms with Crippen molar-refractivity contribution in [1.82, 2.24) is 4.72 Å². The Hall–Kier alpha value is -1.35. The van der Waals surface area contributed by atoms with E-state index in [0.29, 0.717) is 12.5 Å². The summed E-state index contributed by atoms with van der Waals surface area (Å²) in [6.45, 7) is 2.13. The molecule has 0 amide bonds. The lowest BCUT2D eigenvalue weighted by Gasteiger charge is -2.12. The fraction of sp³-hybridized carbons (Fsp3) is 0.500. The van der Waals surface area contributed by atoms with Crippen LogP contribution in [0.5, 0.6) is 0 Å². The Bertz CT molecular complexity index is 650. The van der Waals surface area contributed by atoms with Gasteiger partial charge in [0.25, 0.3) is 0 Å². The number of aliphatic hydroxyl groups is 1. The minimum absolute atomic E-state index is 0.206.